The van der Waals surface area contributed by atoms with Gasteiger partial charge in [-0.15, -0.1) is 0 Å². The van der Waals surface area contributed by atoms with Crippen molar-refractivity contribution in [2.45, 2.75) is 0 Å². The zero-order valence-corrected chi connectivity index (χ0v) is 11.0. The lowest BCUT2D eigenvalue weighted by atomic mass is 10.0. The first-order valence-electron chi connectivity index (χ1n) is 5.69. The van der Waals surface area contributed by atoms with Crippen molar-refractivity contribution < 1.29 is 0 Å². The van der Waals surface area contributed by atoms with Gasteiger partial charge in [0.15, 0.2) is 0 Å². The Morgan fingerprint density at radius 3 is 2.28 bits per heavy atom. The Bertz CT molecular complexity index is 703. The Kier molecular flexibility index (Phi) is 2.99. The summed E-state index contributed by atoms with van der Waals surface area (Å²) in [6, 6.07) is 20.0. The van der Waals surface area contributed by atoms with E-state index in [4.69, 9.17) is 23.2 Å². The molecule has 0 fully saturated rings. The quantitative estimate of drug-likeness (QED) is 0.524. The summed E-state index contributed by atoms with van der Waals surface area (Å²) in [5.74, 6) is 0. The highest BCUT2D eigenvalue weighted by Gasteiger charge is 2.07. The van der Waals surface area contributed by atoms with Gasteiger partial charge < -0.3 is 0 Å². The molecule has 18 heavy (non-hydrogen) atoms. The van der Waals surface area contributed by atoms with Crippen molar-refractivity contribution in [3.05, 3.63) is 70.7 Å². The lowest BCUT2D eigenvalue weighted by Crippen LogP contribution is -1.82. The van der Waals surface area contributed by atoms with Gasteiger partial charge in [0.05, 0.1) is 5.02 Å². The van der Waals surface area contributed by atoms with Gasteiger partial charge in [-0.3, -0.25) is 0 Å². The largest absolute Gasteiger partial charge is 0.0843 e. The molecule has 3 aromatic carbocycles. The maximum absolute atomic E-state index is 6.49. The minimum atomic E-state index is 0.728. The van der Waals surface area contributed by atoms with Crippen LogP contribution in [0.15, 0.2) is 60.7 Å². The van der Waals surface area contributed by atoms with Crippen molar-refractivity contribution in [1.29, 1.82) is 0 Å². The van der Waals surface area contributed by atoms with Crippen molar-refractivity contribution in [3.8, 4) is 11.1 Å². The summed E-state index contributed by atoms with van der Waals surface area (Å²) in [6.07, 6.45) is 0. The summed E-state index contributed by atoms with van der Waals surface area (Å²) >= 11 is 12.5. The van der Waals surface area contributed by atoms with E-state index in [1.54, 1.807) is 0 Å². The number of halogens is 2. The van der Waals surface area contributed by atoms with Crippen molar-refractivity contribution in [3.63, 3.8) is 0 Å². The van der Waals surface area contributed by atoms with Crippen LogP contribution < -0.4 is 0 Å². The van der Waals surface area contributed by atoms with Gasteiger partial charge in [0.1, 0.15) is 0 Å². The Hall–Kier alpha value is -1.50. The molecule has 0 amide bonds. The summed E-state index contributed by atoms with van der Waals surface area (Å²) in [6.45, 7) is 0. The van der Waals surface area contributed by atoms with Crippen LogP contribution in [0.4, 0.5) is 0 Å². The lowest BCUT2D eigenvalue weighted by molar-refractivity contribution is 1.64. The average Bonchev–Trinajstić information content (AvgIpc) is 2.40. The van der Waals surface area contributed by atoms with Crippen molar-refractivity contribution in [2.24, 2.45) is 0 Å². The van der Waals surface area contributed by atoms with E-state index in [-0.39, 0.29) is 0 Å². The van der Waals surface area contributed by atoms with Gasteiger partial charge in [-0.1, -0.05) is 71.7 Å². The van der Waals surface area contributed by atoms with E-state index in [2.05, 4.69) is 18.2 Å². The molecule has 0 aliphatic carbocycles. The maximum Gasteiger partial charge on any atom is 0.0562 e. The fraction of sp³-hybridized carbons (Fsp3) is 0. The van der Waals surface area contributed by atoms with Crippen LogP contribution in [0.1, 0.15) is 0 Å². The number of benzene rings is 3. The SMILES string of the molecule is Clc1ccc2c(Cl)c(-c3ccccc3)ccc2c1. The van der Waals surface area contributed by atoms with Crippen LogP contribution in [0.2, 0.25) is 10.0 Å². The topological polar surface area (TPSA) is 0 Å². The highest BCUT2D eigenvalue weighted by Crippen LogP contribution is 2.35. The molecule has 0 saturated carbocycles. The predicted octanol–water partition coefficient (Wildman–Crippen LogP) is 5.81. The van der Waals surface area contributed by atoms with E-state index >= 15 is 0 Å². The highest BCUT2D eigenvalue weighted by atomic mass is 35.5. The molecule has 0 radical (unpaired) electrons. The second-order valence-electron chi connectivity index (χ2n) is 4.16. The molecule has 0 saturated heterocycles. The van der Waals surface area contributed by atoms with Crippen molar-refractivity contribution in [1.82, 2.24) is 0 Å². The molecule has 0 aliphatic rings. The molecule has 0 unspecified atom stereocenters. The summed E-state index contributed by atoms with van der Waals surface area (Å²) in [4.78, 5) is 0. The van der Waals surface area contributed by atoms with Gasteiger partial charge in [0, 0.05) is 16.0 Å². The molecular formula is C16H10Cl2. The normalized spacial score (nSPS) is 10.8. The number of fused-ring (bicyclic) bond motifs is 1. The standard InChI is InChI=1S/C16H10Cl2/c17-13-7-9-15-12(10-13)6-8-14(16(15)18)11-4-2-1-3-5-11/h1-10H. The summed E-state index contributed by atoms with van der Waals surface area (Å²) < 4.78 is 0. The average molecular weight is 273 g/mol. The van der Waals surface area contributed by atoms with E-state index in [9.17, 15) is 0 Å². The van der Waals surface area contributed by atoms with E-state index in [1.165, 1.54) is 0 Å². The van der Waals surface area contributed by atoms with E-state index in [0.29, 0.717) is 0 Å². The minimum Gasteiger partial charge on any atom is -0.0843 e. The molecule has 0 nitrogen and oxygen atoms in total. The lowest BCUT2D eigenvalue weighted by Gasteiger charge is -2.08. The third-order valence-electron chi connectivity index (χ3n) is 3.00. The molecule has 0 atom stereocenters. The zero-order chi connectivity index (χ0) is 12.5. The van der Waals surface area contributed by atoms with Gasteiger partial charge in [0.2, 0.25) is 0 Å². The van der Waals surface area contributed by atoms with Crippen LogP contribution in [-0.4, -0.2) is 0 Å². The number of hydrogen-bond acceptors (Lipinski definition) is 0. The first kappa shape index (κ1) is 11.6. The number of hydrogen-bond donors (Lipinski definition) is 0. The minimum absolute atomic E-state index is 0.728. The van der Waals surface area contributed by atoms with Gasteiger partial charge in [-0.2, -0.15) is 0 Å². The third-order valence-corrected chi connectivity index (χ3v) is 3.64. The van der Waals surface area contributed by atoms with Crippen LogP contribution in [-0.2, 0) is 0 Å². The van der Waals surface area contributed by atoms with Crippen molar-refractivity contribution in [2.75, 3.05) is 0 Å². The monoisotopic (exact) mass is 272 g/mol. The van der Waals surface area contributed by atoms with Crippen LogP contribution >= 0.6 is 23.2 Å². The summed E-state index contributed by atoms with van der Waals surface area (Å²) in [5.41, 5.74) is 2.17. The Morgan fingerprint density at radius 2 is 1.50 bits per heavy atom. The maximum atomic E-state index is 6.49. The first-order chi connectivity index (χ1) is 8.75. The molecule has 0 spiro atoms. The van der Waals surface area contributed by atoms with Gasteiger partial charge in [-0.25, -0.2) is 0 Å². The molecule has 3 rings (SSSR count). The molecule has 88 valence electrons. The van der Waals surface area contributed by atoms with Crippen LogP contribution in [0, 0.1) is 0 Å². The van der Waals surface area contributed by atoms with Gasteiger partial charge >= 0.3 is 0 Å². The van der Waals surface area contributed by atoms with Gasteiger partial charge in [-0.05, 0) is 23.1 Å². The van der Waals surface area contributed by atoms with Crippen LogP contribution in [0.25, 0.3) is 21.9 Å². The van der Waals surface area contributed by atoms with Crippen molar-refractivity contribution >= 4 is 34.0 Å². The van der Waals surface area contributed by atoms with E-state index in [0.717, 1.165) is 31.9 Å². The van der Waals surface area contributed by atoms with Gasteiger partial charge in [0.25, 0.3) is 0 Å². The molecule has 3 aromatic rings. The molecule has 0 heterocycles. The second kappa shape index (κ2) is 4.64. The molecular weight excluding hydrogens is 263 g/mol. The first-order valence-corrected chi connectivity index (χ1v) is 6.44. The third kappa shape index (κ3) is 1.98. The second-order valence-corrected chi connectivity index (χ2v) is 4.97. The number of rotatable bonds is 1. The Morgan fingerprint density at radius 1 is 0.722 bits per heavy atom. The zero-order valence-electron chi connectivity index (χ0n) is 9.53. The smallest absolute Gasteiger partial charge is 0.0562 e. The molecule has 0 aromatic heterocycles. The summed E-state index contributed by atoms with van der Waals surface area (Å²) in [7, 11) is 0. The molecule has 2 heteroatoms. The van der Waals surface area contributed by atoms with E-state index in [1.807, 2.05) is 42.5 Å². The fourth-order valence-corrected chi connectivity index (χ4v) is 2.63. The predicted molar refractivity (Wildman–Crippen MR) is 79.4 cm³/mol. The Labute approximate surface area is 116 Å². The fourth-order valence-electron chi connectivity index (χ4n) is 2.10. The summed E-state index contributed by atoms with van der Waals surface area (Å²) in [5, 5.41) is 3.59. The highest BCUT2D eigenvalue weighted by molar-refractivity contribution is 6.38. The van der Waals surface area contributed by atoms with E-state index < -0.39 is 0 Å². The van der Waals surface area contributed by atoms with Crippen LogP contribution in [0.3, 0.4) is 0 Å². The van der Waals surface area contributed by atoms with Crippen LogP contribution in [0.5, 0.6) is 0 Å². The Balaban J connectivity index is 2.27. The molecule has 0 bridgehead atoms. The molecule has 0 N–H and O–H groups in total. The molecule has 0 aliphatic heterocycles.